The van der Waals surface area contributed by atoms with Crippen molar-refractivity contribution in [3.63, 3.8) is 0 Å². The third-order valence-corrected chi connectivity index (χ3v) is 3.48. The van der Waals surface area contributed by atoms with Crippen LogP contribution in [-0.4, -0.2) is 25.7 Å². The van der Waals surface area contributed by atoms with Crippen molar-refractivity contribution in [3.05, 3.63) is 28.8 Å². The second-order valence-electron chi connectivity index (χ2n) is 4.84. The Morgan fingerprint density at radius 1 is 1.38 bits per heavy atom. The molecule has 5 heteroatoms. The van der Waals surface area contributed by atoms with Gasteiger partial charge in [0.1, 0.15) is 5.75 Å². The molecule has 0 saturated heterocycles. The van der Waals surface area contributed by atoms with Crippen molar-refractivity contribution in [2.75, 3.05) is 13.7 Å². The number of carbonyl (C=O) groups is 1. The molecular weight excluding hydrogens is 290 g/mol. The molecule has 0 amide bonds. The van der Waals surface area contributed by atoms with E-state index in [1.807, 2.05) is 27.0 Å². The molecule has 2 unspecified atom stereocenters. The molecule has 0 radical (unpaired) electrons. The molecule has 1 rings (SSSR count). The molecule has 0 aliphatic rings. The molecule has 1 N–H and O–H groups in total. The second-order valence-corrected chi connectivity index (χ2v) is 5.28. The van der Waals surface area contributed by atoms with Crippen LogP contribution in [0.3, 0.4) is 0 Å². The molecule has 0 heterocycles. The number of hydrogen-bond acceptors (Lipinski definition) is 4. The van der Waals surface area contributed by atoms with Crippen LogP contribution in [0, 0.1) is 0 Å². The molecular formula is C16H24ClNO3. The maximum Gasteiger partial charge on any atom is 0.347 e. The van der Waals surface area contributed by atoms with E-state index in [4.69, 9.17) is 21.1 Å². The molecule has 0 bridgehead atoms. The average Bonchev–Trinajstić information content (AvgIpc) is 2.47. The van der Waals surface area contributed by atoms with Gasteiger partial charge in [0, 0.05) is 16.6 Å². The summed E-state index contributed by atoms with van der Waals surface area (Å²) in [5.41, 5.74) is 0.926. The summed E-state index contributed by atoms with van der Waals surface area (Å²) in [6.07, 6.45) is 0.877. The summed E-state index contributed by atoms with van der Waals surface area (Å²) in [6, 6.07) is 5.49. The van der Waals surface area contributed by atoms with Crippen LogP contribution in [0.1, 0.15) is 45.2 Å². The normalized spacial score (nSPS) is 13.6. The van der Waals surface area contributed by atoms with Crippen molar-refractivity contribution in [2.45, 2.75) is 45.8 Å². The second kappa shape index (κ2) is 8.90. The first kappa shape index (κ1) is 17.8. The van der Waals surface area contributed by atoms with Gasteiger partial charge in [0.2, 0.25) is 0 Å². The van der Waals surface area contributed by atoms with Gasteiger partial charge in [0.25, 0.3) is 0 Å². The van der Waals surface area contributed by atoms with Gasteiger partial charge in [-0.1, -0.05) is 24.9 Å². The standard InChI is InChI=1S/C16H24ClNO3/c1-5-7-15(16(19)20-6-2)21-14-9-8-12(17)10-13(14)11(3)18-4/h8-11,15,18H,5-7H2,1-4H3. The van der Waals surface area contributed by atoms with Crippen LogP contribution in [0.25, 0.3) is 0 Å². The molecule has 0 aliphatic carbocycles. The Kier molecular flexibility index (Phi) is 7.54. The van der Waals surface area contributed by atoms with Crippen molar-refractivity contribution in [1.29, 1.82) is 0 Å². The summed E-state index contributed by atoms with van der Waals surface area (Å²) < 4.78 is 11.0. The van der Waals surface area contributed by atoms with Crippen molar-refractivity contribution < 1.29 is 14.3 Å². The van der Waals surface area contributed by atoms with Gasteiger partial charge in [-0.15, -0.1) is 0 Å². The van der Waals surface area contributed by atoms with E-state index in [1.165, 1.54) is 0 Å². The highest BCUT2D eigenvalue weighted by Gasteiger charge is 2.23. The third kappa shape index (κ3) is 5.21. The van der Waals surface area contributed by atoms with Crippen LogP contribution in [0.4, 0.5) is 0 Å². The zero-order valence-electron chi connectivity index (χ0n) is 13.1. The van der Waals surface area contributed by atoms with Gasteiger partial charge in [-0.05, 0) is 45.5 Å². The molecule has 0 spiro atoms. The number of hydrogen-bond donors (Lipinski definition) is 1. The first-order valence-electron chi connectivity index (χ1n) is 7.33. The van der Waals surface area contributed by atoms with E-state index in [-0.39, 0.29) is 12.0 Å². The highest BCUT2D eigenvalue weighted by molar-refractivity contribution is 6.30. The Morgan fingerprint density at radius 3 is 2.67 bits per heavy atom. The van der Waals surface area contributed by atoms with E-state index in [2.05, 4.69) is 5.32 Å². The number of esters is 1. The summed E-state index contributed by atoms with van der Waals surface area (Å²) in [7, 11) is 1.87. The Hall–Kier alpha value is -1.26. The van der Waals surface area contributed by atoms with Crippen molar-refractivity contribution >= 4 is 17.6 Å². The van der Waals surface area contributed by atoms with Crippen molar-refractivity contribution in [1.82, 2.24) is 5.32 Å². The monoisotopic (exact) mass is 313 g/mol. The van der Waals surface area contributed by atoms with Crippen LogP contribution in [0.15, 0.2) is 18.2 Å². The lowest BCUT2D eigenvalue weighted by Gasteiger charge is -2.21. The average molecular weight is 314 g/mol. The van der Waals surface area contributed by atoms with Gasteiger partial charge in [-0.25, -0.2) is 4.79 Å². The summed E-state index contributed by atoms with van der Waals surface area (Å²) >= 11 is 6.05. The zero-order chi connectivity index (χ0) is 15.8. The summed E-state index contributed by atoms with van der Waals surface area (Å²) in [5, 5.41) is 3.79. The number of rotatable bonds is 8. The van der Waals surface area contributed by atoms with Gasteiger partial charge >= 0.3 is 5.97 Å². The van der Waals surface area contributed by atoms with E-state index in [0.717, 1.165) is 12.0 Å². The van der Waals surface area contributed by atoms with Crippen LogP contribution in [-0.2, 0) is 9.53 Å². The lowest BCUT2D eigenvalue weighted by Crippen LogP contribution is -2.30. The molecule has 0 saturated carbocycles. The van der Waals surface area contributed by atoms with Gasteiger partial charge in [0.05, 0.1) is 6.61 Å². The molecule has 0 aromatic heterocycles. The highest BCUT2D eigenvalue weighted by atomic mass is 35.5. The number of benzene rings is 1. The Labute approximate surface area is 131 Å². The molecule has 0 fully saturated rings. The van der Waals surface area contributed by atoms with E-state index < -0.39 is 6.10 Å². The first-order chi connectivity index (χ1) is 10.0. The van der Waals surface area contributed by atoms with Crippen molar-refractivity contribution in [3.8, 4) is 5.75 Å². The lowest BCUT2D eigenvalue weighted by atomic mass is 10.1. The smallest absolute Gasteiger partial charge is 0.347 e. The van der Waals surface area contributed by atoms with E-state index in [1.54, 1.807) is 19.1 Å². The minimum absolute atomic E-state index is 0.0724. The molecule has 2 atom stereocenters. The minimum atomic E-state index is -0.584. The fraction of sp³-hybridized carbons (Fsp3) is 0.562. The van der Waals surface area contributed by atoms with Crippen LogP contribution >= 0.6 is 11.6 Å². The predicted octanol–water partition coefficient (Wildman–Crippen LogP) is 3.73. The predicted molar refractivity (Wildman–Crippen MR) is 84.9 cm³/mol. The van der Waals surface area contributed by atoms with E-state index in [9.17, 15) is 4.79 Å². The fourth-order valence-electron chi connectivity index (χ4n) is 2.00. The van der Waals surface area contributed by atoms with Gasteiger partial charge in [0.15, 0.2) is 6.10 Å². The van der Waals surface area contributed by atoms with E-state index >= 15 is 0 Å². The molecule has 21 heavy (non-hydrogen) atoms. The highest BCUT2D eigenvalue weighted by Crippen LogP contribution is 2.29. The number of nitrogens with one attached hydrogen (secondary N) is 1. The summed E-state index contributed by atoms with van der Waals surface area (Å²) in [6.45, 7) is 6.16. The largest absolute Gasteiger partial charge is 0.478 e. The Bertz CT molecular complexity index is 465. The molecule has 0 aliphatic heterocycles. The number of halogens is 1. The van der Waals surface area contributed by atoms with Gasteiger partial charge in [-0.2, -0.15) is 0 Å². The van der Waals surface area contributed by atoms with Crippen LogP contribution < -0.4 is 10.1 Å². The molecule has 4 nitrogen and oxygen atoms in total. The maximum atomic E-state index is 12.0. The fourth-order valence-corrected chi connectivity index (χ4v) is 2.18. The zero-order valence-corrected chi connectivity index (χ0v) is 13.9. The lowest BCUT2D eigenvalue weighted by molar-refractivity contribution is -0.151. The maximum absolute atomic E-state index is 12.0. The van der Waals surface area contributed by atoms with E-state index in [0.29, 0.717) is 23.8 Å². The SMILES string of the molecule is CCCC(Oc1ccc(Cl)cc1C(C)NC)C(=O)OCC. The van der Waals surface area contributed by atoms with Crippen molar-refractivity contribution in [2.24, 2.45) is 0 Å². The topological polar surface area (TPSA) is 47.6 Å². The summed E-state index contributed by atoms with van der Waals surface area (Å²) in [5.74, 6) is 0.338. The minimum Gasteiger partial charge on any atom is -0.478 e. The Balaban J connectivity index is 2.99. The summed E-state index contributed by atoms with van der Waals surface area (Å²) in [4.78, 5) is 12.0. The quantitative estimate of drug-likeness (QED) is 0.743. The number of ether oxygens (including phenoxy) is 2. The molecule has 1 aromatic rings. The first-order valence-corrected chi connectivity index (χ1v) is 7.71. The molecule has 118 valence electrons. The van der Waals surface area contributed by atoms with Gasteiger partial charge < -0.3 is 14.8 Å². The van der Waals surface area contributed by atoms with Crippen LogP contribution in [0.5, 0.6) is 5.75 Å². The number of carbonyl (C=O) groups excluding carboxylic acids is 1. The third-order valence-electron chi connectivity index (χ3n) is 3.24. The molecule has 1 aromatic carbocycles. The van der Waals surface area contributed by atoms with Crippen LogP contribution in [0.2, 0.25) is 5.02 Å². The Morgan fingerprint density at radius 2 is 2.10 bits per heavy atom. The van der Waals surface area contributed by atoms with Gasteiger partial charge in [-0.3, -0.25) is 0 Å².